The van der Waals surface area contributed by atoms with E-state index in [1.165, 1.54) is 10.8 Å². The van der Waals surface area contributed by atoms with Crippen molar-refractivity contribution >= 4 is 34.8 Å². The molecular formula is C24H17ClN4O4. The summed E-state index contributed by atoms with van der Waals surface area (Å²) >= 11 is 6.11. The maximum Gasteiger partial charge on any atom is 0.260 e. The van der Waals surface area contributed by atoms with Crippen molar-refractivity contribution < 1.29 is 14.3 Å². The topological polar surface area (TPSA) is 94.8 Å². The molecule has 33 heavy (non-hydrogen) atoms. The first kappa shape index (κ1) is 20.7. The van der Waals surface area contributed by atoms with Crippen LogP contribution < -0.4 is 20.5 Å². The molecule has 8 nitrogen and oxygen atoms in total. The third-order valence-electron chi connectivity index (χ3n) is 5.08. The van der Waals surface area contributed by atoms with Crippen molar-refractivity contribution in [3.63, 3.8) is 0 Å². The molecule has 0 saturated heterocycles. The minimum absolute atomic E-state index is 0.178. The lowest BCUT2D eigenvalue weighted by molar-refractivity contribution is -0.121. The summed E-state index contributed by atoms with van der Waals surface area (Å²) in [6.45, 7) is -0.0725. The van der Waals surface area contributed by atoms with Crippen LogP contribution in [0.15, 0.2) is 76.8 Å². The van der Waals surface area contributed by atoms with Gasteiger partial charge in [0.1, 0.15) is 12.2 Å². The van der Waals surface area contributed by atoms with Crippen molar-refractivity contribution in [1.82, 2.24) is 15.0 Å². The van der Waals surface area contributed by atoms with E-state index < -0.39 is 5.91 Å². The van der Waals surface area contributed by atoms with Gasteiger partial charge in [-0.2, -0.15) is 5.10 Å². The minimum atomic E-state index is -0.468. The summed E-state index contributed by atoms with van der Waals surface area (Å²) in [4.78, 5) is 30.2. The van der Waals surface area contributed by atoms with Crippen molar-refractivity contribution in [3.8, 4) is 22.6 Å². The first-order chi connectivity index (χ1) is 16.1. The summed E-state index contributed by atoms with van der Waals surface area (Å²) in [5.74, 6) is 0.811. The number of aromatic nitrogens is 2. The summed E-state index contributed by atoms with van der Waals surface area (Å²) in [6.07, 6.45) is 3.06. The standard InChI is InChI=1S/C24H17ClN4O4/c25-18-5-1-3-16(10-18)19-11-17-4-2-8-26-23(17)29(24(19)31)13-22(30)28-27-12-15-6-7-20-21(9-15)33-14-32-20/h1-12H,13-14H2,(H,28,30)/b27-12+. The third kappa shape index (κ3) is 4.28. The van der Waals surface area contributed by atoms with Gasteiger partial charge >= 0.3 is 0 Å². The molecule has 5 rings (SSSR count). The third-order valence-corrected chi connectivity index (χ3v) is 5.32. The largest absolute Gasteiger partial charge is 0.454 e. The summed E-state index contributed by atoms with van der Waals surface area (Å²) < 4.78 is 11.9. The van der Waals surface area contributed by atoms with Crippen molar-refractivity contribution in [3.05, 3.63) is 87.8 Å². The highest BCUT2D eigenvalue weighted by Gasteiger charge is 2.15. The number of halogens is 1. The lowest BCUT2D eigenvalue weighted by Gasteiger charge is -2.12. The summed E-state index contributed by atoms with van der Waals surface area (Å²) in [6, 6.07) is 17.7. The average Bonchev–Trinajstić information content (AvgIpc) is 3.29. The molecule has 164 valence electrons. The first-order valence-electron chi connectivity index (χ1n) is 10.0. The van der Waals surface area contributed by atoms with Crippen molar-refractivity contribution in [2.45, 2.75) is 6.54 Å². The van der Waals surface area contributed by atoms with Gasteiger partial charge in [-0.1, -0.05) is 23.7 Å². The molecule has 0 atom stereocenters. The van der Waals surface area contributed by atoms with E-state index in [-0.39, 0.29) is 18.9 Å². The van der Waals surface area contributed by atoms with Gasteiger partial charge in [0.25, 0.3) is 11.5 Å². The highest BCUT2D eigenvalue weighted by molar-refractivity contribution is 6.30. The average molecular weight is 461 g/mol. The molecule has 0 bridgehead atoms. The van der Waals surface area contributed by atoms with Crippen LogP contribution in [-0.2, 0) is 11.3 Å². The number of carbonyl (C=O) groups is 1. The van der Waals surface area contributed by atoms with Crippen molar-refractivity contribution in [2.24, 2.45) is 5.10 Å². The van der Waals surface area contributed by atoms with Crippen LogP contribution in [0.3, 0.4) is 0 Å². The van der Waals surface area contributed by atoms with Gasteiger partial charge in [0.15, 0.2) is 11.5 Å². The Kier molecular flexibility index (Phi) is 5.50. The first-order valence-corrected chi connectivity index (χ1v) is 10.4. The molecule has 0 aliphatic carbocycles. The predicted octanol–water partition coefficient (Wildman–Crippen LogP) is 3.60. The number of carbonyl (C=O) groups excluding carboxylic acids is 1. The van der Waals surface area contributed by atoms with E-state index >= 15 is 0 Å². The van der Waals surface area contributed by atoms with E-state index in [1.54, 1.807) is 60.8 Å². The van der Waals surface area contributed by atoms with Gasteiger partial charge in [-0.15, -0.1) is 0 Å². The number of nitrogens with zero attached hydrogens (tertiary/aromatic N) is 3. The summed E-state index contributed by atoms with van der Waals surface area (Å²) in [5.41, 5.74) is 4.33. The Morgan fingerprint density at radius 1 is 1.12 bits per heavy atom. The van der Waals surface area contributed by atoms with Gasteiger partial charge in [-0.3, -0.25) is 14.2 Å². The number of benzene rings is 2. The lowest BCUT2D eigenvalue weighted by atomic mass is 10.1. The fourth-order valence-electron chi connectivity index (χ4n) is 3.57. The Morgan fingerprint density at radius 2 is 2.00 bits per heavy atom. The Hall–Kier alpha value is -4.17. The van der Waals surface area contributed by atoms with E-state index in [9.17, 15) is 9.59 Å². The van der Waals surface area contributed by atoms with Crippen LogP contribution in [0.2, 0.25) is 5.02 Å². The molecule has 0 saturated carbocycles. The molecule has 2 aromatic heterocycles. The Labute approximate surface area is 193 Å². The zero-order chi connectivity index (χ0) is 22.8. The number of hydrogen-bond acceptors (Lipinski definition) is 6. The monoisotopic (exact) mass is 460 g/mol. The SMILES string of the molecule is O=C(Cn1c(=O)c(-c2cccc(Cl)c2)cc2cccnc21)N/N=C/c1ccc2c(c1)OCO2. The maximum atomic E-state index is 13.3. The molecule has 4 aromatic rings. The Morgan fingerprint density at radius 3 is 2.88 bits per heavy atom. The van der Waals surface area contributed by atoms with Crippen LogP contribution in [0.25, 0.3) is 22.2 Å². The molecule has 1 aliphatic heterocycles. The quantitative estimate of drug-likeness (QED) is 0.363. The zero-order valence-corrected chi connectivity index (χ0v) is 18.0. The number of rotatable bonds is 5. The van der Waals surface area contributed by atoms with Gasteiger partial charge < -0.3 is 9.47 Å². The minimum Gasteiger partial charge on any atom is -0.454 e. The van der Waals surface area contributed by atoms with Crippen LogP contribution in [-0.4, -0.2) is 28.5 Å². The van der Waals surface area contributed by atoms with Gasteiger partial charge in [-0.25, -0.2) is 10.4 Å². The summed E-state index contributed by atoms with van der Waals surface area (Å²) in [5, 5.41) is 5.23. The van der Waals surface area contributed by atoms with Crippen molar-refractivity contribution in [1.29, 1.82) is 0 Å². The summed E-state index contributed by atoms with van der Waals surface area (Å²) in [7, 11) is 0. The zero-order valence-electron chi connectivity index (χ0n) is 17.2. The molecule has 9 heteroatoms. The molecule has 1 aliphatic rings. The molecule has 0 fully saturated rings. The van der Waals surface area contributed by atoms with E-state index in [0.717, 1.165) is 10.9 Å². The molecule has 0 spiro atoms. The van der Waals surface area contributed by atoms with Gasteiger partial charge in [0.2, 0.25) is 6.79 Å². The Balaban J connectivity index is 1.41. The van der Waals surface area contributed by atoms with Gasteiger partial charge in [-0.05, 0) is 59.7 Å². The fourth-order valence-corrected chi connectivity index (χ4v) is 3.76. The molecule has 1 amide bonds. The van der Waals surface area contributed by atoms with E-state index in [0.29, 0.717) is 33.3 Å². The predicted molar refractivity (Wildman–Crippen MR) is 125 cm³/mol. The Bertz CT molecular complexity index is 1460. The maximum absolute atomic E-state index is 13.3. The molecule has 3 heterocycles. The number of hydrazone groups is 1. The molecule has 0 radical (unpaired) electrons. The highest BCUT2D eigenvalue weighted by atomic mass is 35.5. The second-order valence-electron chi connectivity index (χ2n) is 7.28. The van der Waals surface area contributed by atoms with Crippen LogP contribution >= 0.6 is 11.6 Å². The van der Waals surface area contributed by atoms with Crippen LogP contribution in [0.5, 0.6) is 11.5 Å². The van der Waals surface area contributed by atoms with Crippen LogP contribution in [0.4, 0.5) is 0 Å². The highest BCUT2D eigenvalue weighted by Crippen LogP contribution is 2.32. The second-order valence-corrected chi connectivity index (χ2v) is 7.72. The van der Waals surface area contributed by atoms with Gasteiger partial charge in [0, 0.05) is 22.2 Å². The smallest absolute Gasteiger partial charge is 0.260 e. The number of pyridine rings is 2. The van der Waals surface area contributed by atoms with Crippen LogP contribution in [0, 0.1) is 0 Å². The number of fused-ring (bicyclic) bond motifs is 2. The number of hydrogen-bond donors (Lipinski definition) is 1. The number of amides is 1. The van der Waals surface area contributed by atoms with E-state index in [4.69, 9.17) is 21.1 Å². The van der Waals surface area contributed by atoms with Crippen molar-refractivity contribution in [2.75, 3.05) is 6.79 Å². The molecule has 0 unspecified atom stereocenters. The van der Waals surface area contributed by atoms with Crippen LogP contribution in [0.1, 0.15) is 5.56 Å². The second kappa shape index (κ2) is 8.76. The van der Waals surface area contributed by atoms with E-state index in [2.05, 4.69) is 15.5 Å². The fraction of sp³-hybridized carbons (Fsp3) is 0.0833. The molecular weight excluding hydrogens is 444 g/mol. The van der Waals surface area contributed by atoms with E-state index in [1.807, 2.05) is 6.07 Å². The van der Waals surface area contributed by atoms with Gasteiger partial charge in [0.05, 0.1) is 6.21 Å². The molecule has 2 aromatic carbocycles. The normalized spacial score (nSPS) is 12.4. The number of ether oxygens (including phenoxy) is 2. The lowest BCUT2D eigenvalue weighted by Crippen LogP contribution is -2.31. The number of nitrogens with one attached hydrogen (secondary N) is 1. The molecule has 1 N–H and O–H groups in total.